The van der Waals surface area contributed by atoms with E-state index in [-0.39, 0.29) is 11.5 Å². The fourth-order valence-electron chi connectivity index (χ4n) is 3.28. The largest absolute Gasteiger partial charge is 0.457 e. The number of benzene rings is 3. The minimum absolute atomic E-state index is 0.248. The number of hydrogen-bond donors (Lipinski definition) is 1. The Morgan fingerprint density at radius 3 is 2.48 bits per heavy atom. The molecule has 5 rings (SSSR count). The lowest BCUT2D eigenvalue weighted by atomic mass is 10.2. The molecule has 6 nitrogen and oxygen atoms in total. The predicted octanol–water partition coefficient (Wildman–Crippen LogP) is 5.88. The van der Waals surface area contributed by atoms with Crippen molar-refractivity contribution in [3.63, 3.8) is 0 Å². The second kappa shape index (κ2) is 8.84. The number of anilines is 1. The van der Waals surface area contributed by atoms with Crippen LogP contribution in [0.15, 0.2) is 97.5 Å². The zero-order valence-corrected chi connectivity index (χ0v) is 17.3. The van der Waals surface area contributed by atoms with E-state index in [4.69, 9.17) is 4.74 Å². The number of carbonyl (C=O) groups is 1. The van der Waals surface area contributed by atoms with Crippen LogP contribution in [0, 0.1) is 5.82 Å². The number of nitrogens with one attached hydrogen (secondary N) is 1. The summed E-state index contributed by atoms with van der Waals surface area (Å²) in [6.45, 7) is 0. The zero-order chi connectivity index (χ0) is 22.6. The molecular weight excluding hydrogens is 419 g/mol. The third-order valence-electron chi connectivity index (χ3n) is 4.91. The summed E-state index contributed by atoms with van der Waals surface area (Å²) >= 11 is 0. The minimum Gasteiger partial charge on any atom is -0.457 e. The van der Waals surface area contributed by atoms with E-state index in [0.29, 0.717) is 22.7 Å². The summed E-state index contributed by atoms with van der Waals surface area (Å²) in [5.74, 6) is 0.353. The second-order valence-corrected chi connectivity index (χ2v) is 7.24. The number of halogens is 1. The molecule has 0 radical (unpaired) electrons. The number of hydrogen-bond acceptors (Lipinski definition) is 5. The van der Waals surface area contributed by atoms with E-state index >= 15 is 0 Å². The first-order chi connectivity index (χ1) is 16.1. The molecule has 1 N–H and O–H groups in total. The van der Waals surface area contributed by atoms with E-state index in [1.54, 1.807) is 48.9 Å². The van der Waals surface area contributed by atoms with Gasteiger partial charge in [0, 0.05) is 35.3 Å². The Labute approximate surface area is 188 Å². The van der Waals surface area contributed by atoms with Gasteiger partial charge in [0.05, 0.1) is 22.9 Å². The van der Waals surface area contributed by atoms with Gasteiger partial charge in [0.2, 0.25) is 0 Å². The molecule has 0 bridgehead atoms. The quantitative estimate of drug-likeness (QED) is 0.373. The van der Waals surface area contributed by atoms with E-state index < -0.39 is 5.82 Å². The first-order valence-corrected chi connectivity index (χ1v) is 10.2. The molecule has 1 amide bonds. The molecule has 33 heavy (non-hydrogen) atoms. The lowest BCUT2D eigenvalue weighted by molar-refractivity contribution is 0.102. The molecule has 0 aliphatic rings. The number of ether oxygens (including phenoxy) is 1. The predicted molar refractivity (Wildman–Crippen MR) is 124 cm³/mol. The monoisotopic (exact) mass is 436 g/mol. The van der Waals surface area contributed by atoms with Crippen LogP contribution in [-0.4, -0.2) is 20.9 Å². The number of aromatic nitrogens is 3. The normalized spacial score (nSPS) is 10.7. The Hall–Kier alpha value is -4.65. The summed E-state index contributed by atoms with van der Waals surface area (Å²) in [7, 11) is 0. The molecule has 2 heterocycles. The van der Waals surface area contributed by atoms with Crippen molar-refractivity contribution < 1.29 is 13.9 Å². The summed E-state index contributed by atoms with van der Waals surface area (Å²) < 4.78 is 19.3. The van der Waals surface area contributed by atoms with Crippen LogP contribution in [0.3, 0.4) is 0 Å². The van der Waals surface area contributed by atoms with Crippen LogP contribution in [0.5, 0.6) is 11.5 Å². The highest BCUT2D eigenvalue weighted by atomic mass is 19.1. The SMILES string of the molecule is O=C(Nc1ccc(Oc2ccc3ncc(-c4cccnc4)nc3c2)cc1)c1cccc(F)c1. The number of fused-ring (bicyclic) bond motifs is 1. The standard InChI is InChI=1S/C26H17FN4O2/c27-19-5-1-3-17(13-19)26(32)30-20-6-8-21(9-7-20)33-22-10-11-23-24(14-22)31-25(16-29-23)18-4-2-12-28-15-18/h1-16H,(H,30,32). The lowest BCUT2D eigenvalue weighted by Crippen LogP contribution is -2.11. The molecule has 0 unspecified atom stereocenters. The number of pyridine rings is 1. The van der Waals surface area contributed by atoms with Crippen molar-refractivity contribution in [1.82, 2.24) is 15.0 Å². The van der Waals surface area contributed by atoms with Gasteiger partial charge < -0.3 is 10.1 Å². The van der Waals surface area contributed by atoms with Crippen molar-refractivity contribution in [1.29, 1.82) is 0 Å². The molecule has 0 aliphatic heterocycles. The highest BCUT2D eigenvalue weighted by Gasteiger charge is 2.08. The summed E-state index contributed by atoms with van der Waals surface area (Å²) in [6, 6.07) is 21.7. The van der Waals surface area contributed by atoms with Crippen molar-refractivity contribution in [2.45, 2.75) is 0 Å². The van der Waals surface area contributed by atoms with Crippen LogP contribution < -0.4 is 10.1 Å². The molecule has 0 saturated heterocycles. The fraction of sp³-hybridized carbons (Fsp3) is 0. The maximum absolute atomic E-state index is 13.3. The molecule has 0 saturated carbocycles. The van der Waals surface area contributed by atoms with E-state index in [1.165, 1.54) is 18.2 Å². The topological polar surface area (TPSA) is 77.0 Å². The van der Waals surface area contributed by atoms with Crippen molar-refractivity contribution in [3.8, 4) is 22.8 Å². The molecule has 0 atom stereocenters. The Kier molecular flexibility index (Phi) is 5.43. The van der Waals surface area contributed by atoms with Crippen molar-refractivity contribution in [2.24, 2.45) is 0 Å². The average molecular weight is 436 g/mol. The molecule has 7 heteroatoms. The van der Waals surface area contributed by atoms with Crippen LogP contribution in [0.25, 0.3) is 22.3 Å². The first kappa shape index (κ1) is 20.3. The number of carbonyl (C=O) groups excluding carboxylic acids is 1. The van der Waals surface area contributed by atoms with Gasteiger partial charge in [-0.25, -0.2) is 9.37 Å². The maximum atomic E-state index is 13.3. The van der Waals surface area contributed by atoms with Crippen LogP contribution in [0.2, 0.25) is 0 Å². The molecule has 0 spiro atoms. The maximum Gasteiger partial charge on any atom is 0.255 e. The molecule has 0 fully saturated rings. The number of rotatable bonds is 5. The molecule has 5 aromatic rings. The van der Waals surface area contributed by atoms with E-state index in [9.17, 15) is 9.18 Å². The smallest absolute Gasteiger partial charge is 0.255 e. The van der Waals surface area contributed by atoms with Crippen LogP contribution >= 0.6 is 0 Å². The summed E-state index contributed by atoms with van der Waals surface area (Å²) in [5.41, 5.74) is 3.89. The molecule has 160 valence electrons. The number of nitrogens with zero attached hydrogens (tertiary/aromatic N) is 3. The van der Waals surface area contributed by atoms with Gasteiger partial charge in [-0.2, -0.15) is 0 Å². The van der Waals surface area contributed by atoms with Gasteiger partial charge in [0.1, 0.15) is 17.3 Å². The average Bonchev–Trinajstić information content (AvgIpc) is 2.85. The lowest BCUT2D eigenvalue weighted by Gasteiger charge is -2.09. The minimum atomic E-state index is -0.459. The Balaban J connectivity index is 1.31. The molecule has 0 aliphatic carbocycles. The summed E-state index contributed by atoms with van der Waals surface area (Å²) in [6.07, 6.45) is 5.17. The van der Waals surface area contributed by atoms with Crippen molar-refractivity contribution >= 4 is 22.6 Å². The van der Waals surface area contributed by atoms with Crippen LogP contribution in [0.1, 0.15) is 10.4 Å². The molecule has 2 aromatic heterocycles. The van der Waals surface area contributed by atoms with E-state index in [0.717, 1.165) is 16.8 Å². The Morgan fingerprint density at radius 1 is 0.848 bits per heavy atom. The molecular formula is C26H17FN4O2. The van der Waals surface area contributed by atoms with E-state index in [2.05, 4.69) is 20.3 Å². The van der Waals surface area contributed by atoms with Gasteiger partial charge in [-0.3, -0.25) is 14.8 Å². The van der Waals surface area contributed by atoms with Gasteiger partial charge in [-0.1, -0.05) is 6.07 Å². The second-order valence-electron chi connectivity index (χ2n) is 7.24. The summed E-state index contributed by atoms with van der Waals surface area (Å²) in [5, 5.41) is 2.74. The number of amides is 1. The fourth-order valence-corrected chi connectivity index (χ4v) is 3.28. The Bertz CT molecular complexity index is 1440. The highest BCUT2D eigenvalue weighted by Crippen LogP contribution is 2.27. The van der Waals surface area contributed by atoms with Crippen LogP contribution in [-0.2, 0) is 0 Å². The van der Waals surface area contributed by atoms with Gasteiger partial charge in [0.25, 0.3) is 5.91 Å². The zero-order valence-electron chi connectivity index (χ0n) is 17.3. The van der Waals surface area contributed by atoms with Crippen molar-refractivity contribution in [3.05, 3.63) is 109 Å². The van der Waals surface area contributed by atoms with Gasteiger partial charge in [-0.15, -0.1) is 0 Å². The van der Waals surface area contributed by atoms with Gasteiger partial charge >= 0.3 is 0 Å². The highest BCUT2D eigenvalue weighted by molar-refractivity contribution is 6.04. The van der Waals surface area contributed by atoms with Gasteiger partial charge in [-0.05, 0) is 66.7 Å². The van der Waals surface area contributed by atoms with E-state index in [1.807, 2.05) is 30.3 Å². The van der Waals surface area contributed by atoms with Gasteiger partial charge in [0.15, 0.2) is 0 Å². The summed E-state index contributed by atoms with van der Waals surface area (Å²) in [4.78, 5) is 25.5. The molecule has 3 aromatic carbocycles. The van der Waals surface area contributed by atoms with Crippen molar-refractivity contribution in [2.75, 3.05) is 5.32 Å². The van der Waals surface area contributed by atoms with Crippen LogP contribution in [0.4, 0.5) is 10.1 Å². The first-order valence-electron chi connectivity index (χ1n) is 10.2. The Morgan fingerprint density at radius 2 is 1.70 bits per heavy atom. The third kappa shape index (κ3) is 4.67. The third-order valence-corrected chi connectivity index (χ3v) is 4.91.